The van der Waals surface area contributed by atoms with Gasteiger partial charge in [-0.25, -0.2) is 4.98 Å². The molecule has 3 nitrogen and oxygen atoms in total. The lowest BCUT2D eigenvalue weighted by atomic mass is 10.4. The van der Waals surface area contributed by atoms with Gasteiger partial charge in [-0.15, -0.1) is 11.3 Å². The number of thioether (sulfide) groups is 1. The lowest BCUT2D eigenvalue weighted by Gasteiger charge is -2.05. The third-order valence-electron chi connectivity index (χ3n) is 1.76. The maximum Gasteiger partial charge on any atom is 0.185 e. The number of aromatic nitrogens is 1. The summed E-state index contributed by atoms with van der Waals surface area (Å²) in [5.41, 5.74) is 6.64. The Morgan fingerprint density at radius 1 is 1.50 bits per heavy atom. The van der Waals surface area contributed by atoms with Crippen molar-refractivity contribution in [3.63, 3.8) is 0 Å². The Kier molecular flexibility index (Phi) is 4.71. The topological polar surface area (TPSA) is 42.2 Å². The van der Waals surface area contributed by atoms with E-state index in [2.05, 4.69) is 16.8 Å². The molecule has 14 heavy (non-hydrogen) atoms. The molecule has 0 atom stereocenters. The van der Waals surface area contributed by atoms with Crippen molar-refractivity contribution in [3.8, 4) is 0 Å². The Morgan fingerprint density at radius 3 is 2.71 bits per heavy atom. The molecule has 0 aliphatic heterocycles. The molecule has 80 valence electrons. The second-order valence-corrected chi connectivity index (χ2v) is 5.52. The van der Waals surface area contributed by atoms with Crippen LogP contribution in [-0.4, -0.2) is 31.4 Å². The fourth-order valence-corrected chi connectivity index (χ4v) is 2.71. The predicted octanol–water partition coefficient (Wildman–Crippen LogP) is 1.71. The van der Waals surface area contributed by atoms with E-state index in [0.29, 0.717) is 0 Å². The number of nitrogens with zero attached hydrogens (tertiary/aromatic N) is 2. The highest BCUT2D eigenvalue weighted by Crippen LogP contribution is 2.26. The molecule has 2 N–H and O–H groups in total. The molecule has 0 aliphatic carbocycles. The van der Waals surface area contributed by atoms with Crippen molar-refractivity contribution in [2.24, 2.45) is 5.73 Å². The summed E-state index contributed by atoms with van der Waals surface area (Å²) in [6.45, 7) is 2.87. The van der Waals surface area contributed by atoms with Crippen LogP contribution in [0.3, 0.4) is 0 Å². The van der Waals surface area contributed by atoms with Gasteiger partial charge in [0.15, 0.2) is 5.13 Å². The molecule has 5 heteroatoms. The molecule has 0 amide bonds. The first-order valence-electron chi connectivity index (χ1n) is 4.56. The Morgan fingerprint density at radius 2 is 2.21 bits per heavy atom. The minimum atomic E-state index is 0.744. The van der Waals surface area contributed by atoms with Gasteiger partial charge < -0.3 is 10.6 Å². The highest BCUT2D eigenvalue weighted by molar-refractivity contribution is 7.98. The van der Waals surface area contributed by atoms with Crippen molar-refractivity contribution in [1.29, 1.82) is 0 Å². The quantitative estimate of drug-likeness (QED) is 0.783. The summed E-state index contributed by atoms with van der Waals surface area (Å²) in [6, 6.07) is 0. The Hall–Kier alpha value is -0.260. The molecule has 1 rings (SSSR count). The van der Waals surface area contributed by atoms with Crippen LogP contribution in [-0.2, 0) is 5.75 Å². The van der Waals surface area contributed by atoms with Crippen LogP contribution in [0.5, 0.6) is 0 Å². The van der Waals surface area contributed by atoms with Crippen LogP contribution in [0.4, 0.5) is 5.13 Å². The highest BCUT2D eigenvalue weighted by atomic mass is 32.2. The van der Waals surface area contributed by atoms with Gasteiger partial charge in [-0.2, -0.15) is 11.8 Å². The summed E-state index contributed by atoms with van der Waals surface area (Å²) in [6.07, 6.45) is 0. The lowest BCUT2D eigenvalue weighted by Crippen LogP contribution is -2.08. The van der Waals surface area contributed by atoms with E-state index < -0.39 is 0 Å². The Bertz CT molecular complexity index is 284. The molecule has 1 aromatic heterocycles. The fraction of sp³-hybridized carbons (Fsp3) is 0.667. The van der Waals surface area contributed by atoms with E-state index in [0.717, 1.165) is 23.2 Å². The van der Waals surface area contributed by atoms with Crippen molar-refractivity contribution < 1.29 is 0 Å². The van der Waals surface area contributed by atoms with Gasteiger partial charge >= 0.3 is 0 Å². The smallest absolute Gasteiger partial charge is 0.185 e. The van der Waals surface area contributed by atoms with Gasteiger partial charge in [0.25, 0.3) is 0 Å². The zero-order valence-electron chi connectivity index (χ0n) is 8.91. The maximum absolute atomic E-state index is 5.44. The van der Waals surface area contributed by atoms with Gasteiger partial charge in [-0.1, -0.05) is 0 Å². The van der Waals surface area contributed by atoms with Crippen molar-refractivity contribution >= 4 is 28.2 Å². The average molecular weight is 231 g/mol. The lowest BCUT2D eigenvalue weighted by molar-refractivity contribution is 1.07. The molecule has 0 aliphatic rings. The number of thiazole rings is 1. The number of anilines is 1. The van der Waals surface area contributed by atoms with Crippen LogP contribution < -0.4 is 10.6 Å². The normalized spacial score (nSPS) is 10.6. The first kappa shape index (κ1) is 11.8. The number of rotatable bonds is 5. The van der Waals surface area contributed by atoms with E-state index in [1.54, 1.807) is 11.3 Å². The molecule has 1 aromatic rings. The highest BCUT2D eigenvalue weighted by Gasteiger charge is 2.08. The second kappa shape index (κ2) is 5.58. The molecule has 0 fully saturated rings. The van der Waals surface area contributed by atoms with Crippen molar-refractivity contribution in [2.75, 3.05) is 31.3 Å². The number of aryl methyl sites for hydroxylation is 1. The molecule has 0 radical (unpaired) electrons. The number of hydrogen-bond donors (Lipinski definition) is 1. The van der Waals surface area contributed by atoms with Crippen LogP contribution >= 0.6 is 23.1 Å². The van der Waals surface area contributed by atoms with E-state index >= 15 is 0 Å². The third kappa shape index (κ3) is 3.15. The molecule has 0 saturated carbocycles. The van der Waals surface area contributed by atoms with Crippen LogP contribution in [0.15, 0.2) is 0 Å². The van der Waals surface area contributed by atoms with Crippen molar-refractivity contribution in [3.05, 3.63) is 10.6 Å². The summed E-state index contributed by atoms with van der Waals surface area (Å²) in [5, 5.41) is 1.09. The van der Waals surface area contributed by atoms with Crippen molar-refractivity contribution in [2.45, 2.75) is 12.7 Å². The largest absolute Gasteiger partial charge is 0.354 e. The monoisotopic (exact) mass is 231 g/mol. The second-order valence-electron chi connectivity index (χ2n) is 3.24. The number of nitrogens with two attached hydrogens (primary N) is 1. The van der Waals surface area contributed by atoms with Crippen LogP contribution in [0, 0.1) is 6.92 Å². The first-order chi connectivity index (χ1) is 6.65. The van der Waals surface area contributed by atoms with E-state index in [-0.39, 0.29) is 0 Å². The molecule has 0 aromatic carbocycles. The van der Waals surface area contributed by atoms with Crippen LogP contribution in [0.1, 0.15) is 10.6 Å². The maximum atomic E-state index is 5.44. The van der Waals surface area contributed by atoms with E-state index in [1.165, 1.54) is 10.6 Å². The zero-order valence-corrected chi connectivity index (χ0v) is 10.5. The average Bonchev–Trinajstić information content (AvgIpc) is 2.49. The Balaban J connectivity index is 2.58. The molecule has 0 spiro atoms. The summed E-state index contributed by atoms with van der Waals surface area (Å²) < 4.78 is 0. The number of hydrogen-bond acceptors (Lipinski definition) is 5. The van der Waals surface area contributed by atoms with Crippen molar-refractivity contribution in [1.82, 2.24) is 4.98 Å². The molecule has 0 bridgehead atoms. The SMILES string of the molecule is Cc1sc(N(C)C)nc1CSCCN. The van der Waals surface area contributed by atoms with Gasteiger partial charge in [0.05, 0.1) is 5.69 Å². The van der Waals surface area contributed by atoms with Gasteiger partial charge in [0.2, 0.25) is 0 Å². The van der Waals surface area contributed by atoms with Gasteiger partial charge in [0.1, 0.15) is 0 Å². The third-order valence-corrected chi connectivity index (χ3v) is 3.95. The minimum absolute atomic E-state index is 0.744. The fourth-order valence-electron chi connectivity index (χ4n) is 0.990. The molecule has 0 saturated heterocycles. The molecule has 0 unspecified atom stereocenters. The summed E-state index contributed by atoms with van der Waals surface area (Å²) >= 11 is 3.60. The van der Waals surface area contributed by atoms with Crippen LogP contribution in [0.2, 0.25) is 0 Å². The van der Waals surface area contributed by atoms with E-state index in [9.17, 15) is 0 Å². The van der Waals surface area contributed by atoms with Crippen LogP contribution in [0.25, 0.3) is 0 Å². The van der Waals surface area contributed by atoms with E-state index in [1.807, 2.05) is 25.9 Å². The zero-order chi connectivity index (χ0) is 10.6. The first-order valence-corrected chi connectivity index (χ1v) is 6.53. The summed E-state index contributed by atoms with van der Waals surface area (Å²) in [4.78, 5) is 7.93. The molecule has 1 heterocycles. The van der Waals surface area contributed by atoms with Gasteiger partial charge in [0, 0.05) is 37.0 Å². The minimum Gasteiger partial charge on any atom is -0.354 e. The Labute approximate surface area is 93.7 Å². The van der Waals surface area contributed by atoms with Gasteiger partial charge in [-0.05, 0) is 6.92 Å². The molecular formula is C9H17N3S2. The van der Waals surface area contributed by atoms with E-state index in [4.69, 9.17) is 5.73 Å². The van der Waals surface area contributed by atoms with Gasteiger partial charge in [-0.3, -0.25) is 0 Å². The standard InChI is InChI=1S/C9H17N3S2/c1-7-8(6-13-5-4-10)11-9(14-7)12(2)3/h4-6,10H2,1-3H3. The molecular weight excluding hydrogens is 214 g/mol. The summed E-state index contributed by atoms with van der Waals surface area (Å²) in [5.74, 6) is 1.99. The predicted molar refractivity (Wildman–Crippen MR) is 66.4 cm³/mol. The summed E-state index contributed by atoms with van der Waals surface area (Å²) in [7, 11) is 4.05.